The summed E-state index contributed by atoms with van der Waals surface area (Å²) in [5.74, 6) is 0.366. The predicted molar refractivity (Wildman–Crippen MR) is 89.0 cm³/mol. The van der Waals surface area contributed by atoms with Crippen LogP contribution >= 0.6 is 39.9 Å². The Bertz CT molecular complexity index is 538. The van der Waals surface area contributed by atoms with Gasteiger partial charge in [-0.05, 0) is 46.5 Å². The molecule has 0 aliphatic carbocycles. The Balaban J connectivity index is 0.00000361. The van der Waals surface area contributed by atoms with Crippen LogP contribution in [0.5, 0.6) is 0 Å². The summed E-state index contributed by atoms with van der Waals surface area (Å²) in [6, 6.07) is 4.29. The molecule has 0 heterocycles. The minimum atomic E-state index is -3.60. The molecule has 1 aromatic rings. The van der Waals surface area contributed by atoms with E-state index in [2.05, 4.69) is 20.7 Å². The molecule has 8 heteroatoms. The lowest BCUT2D eigenvalue weighted by Gasteiger charge is -2.19. The van der Waals surface area contributed by atoms with Crippen LogP contribution in [0, 0.1) is 5.92 Å². The fourth-order valence-corrected chi connectivity index (χ4v) is 4.38. The summed E-state index contributed by atoms with van der Waals surface area (Å²) in [4.78, 5) is 0.166. The SMILES string of the molecule is CC(C)CC(CN)NS(=O)(=O)c1ccc(Cl)cc1Br.Cl. The molecule has 116 valence electrons. The van der Waals surface area contributed by atoms with Crippen molar-refractivity contribution in [2.75, 3.05) is 6.54 Å². The van der Waals surface area contributed by atoms with Crippen LogP contribution in [-0.4, -0.2) is 21.0 Å². The Morgan fingerprint density at radius 1 is 1.40 bits per heavy atom. The molecule has 0 saturated carbocycles. The second-order valence-corrected chi connectivity index (χ2v) is 7.73. The van der Waals surface area contributed by atoms with Crippen molar-refractivity contribution in [1.29, 1.82) is 0 Å². The zero-order chi connectivity index (χ0) is 14.6. The first-order valence-corrected chi connectivity index (χ1v) is 8.59. The van der Waals surface area contributed by atoms with E-state index < -0.39 is 10.0 Å². The van der Waals surface area contributed by atoms with Crippen LogP contribution in [0.15, 0.2) is 27.6 Å². The minimum Gasteiger partial charge on any atom is -0.329 e. The summed E-state index contributed by atoms with van der Waals surface area (Å²) in [7, 11) is -3.60. The van der Waals surface area contributed by atoms with Gasteiger partial charge in [0.25, 0.3) is 0 Å². The van der Waals surface area contributed by atoms with Gasteiger partial charge >= 0.3 is 0 Å². The van der Waals surface area contributed by atoms with E-state index in [0.29, 0.717) is 21.8 Å². The highest BCUT2D eigenvalue weighted by atomic mass is 79.9. The van der Waals surface area contributed by atoms with Gasteiger partial charge in [-0.25, -0.2) is 13.1 Å². The minimum absolute atomic E-state index is 0. The second-order valence-electron chi connectivity index (χ2n) is 4.76. The van der Waals surface area contributed by atoms with Gasteiger partial charge in [-0.2, -0.15) is 0 Å². The number of hydrogen-bond donors (Lipinski definition) is 2. The van der Waals surface area contributed by atoms with Crippen molar-refractivity contribution in [3.8, 4) is 0 Å². The van der Waals surface area contributed by atoms with Crippen molar-refractivity contribution in [2.24, 2.45) is 11.7 Å². The van der Waals surface area contributed by atoms with Gasteiger partial charge in [0.15, 0.2) is 0 Å². The van der Waals surface area contributed by atoms with Crippen LogP contribution < -0.4 is 10.5 Å². The normalized spacial score (nSPS) is 13.1. The number of benzene rings is 1. The van der Waals surface area contributed by atoms with E-state index >= 15 is 0 Å². The fourth-order valence-electron chi connectivity index (χ4n) is 1.74. The third-order valence-electron chi connectivity index (χ3n) is 2.55. The molecule has 0 aliphatic heterocycles. The Labute approximate surface area is 140 Å². The van der Waals surface area contributed by atoms with Crippen LogP contribution in [-0.2, 0) is 10.0 Å². The molecule has 0 saturated heterocycles. The molecule has 0 fully saturated rings. The first-order valence-electron chi connectivity index (χ1n) is 5.93. The lowest BCUT2D eigenvalue weighted by Crippen LogP contribution is -2.41. The summed E-state index contributed by atoms with van der Waals surface area (Å²) >= 11 is 9.01. The first kappa shape index (κ1) is 20.1. The number of nitrogens with two attached hydrogens (primary N) is 1. The Kier molecular flexibility index (Phi) is 8.62. The van der Waals surface area contributed by atoms with Crippen LogP contribution in [0.25, 0.3) is 0 Å². The Morgan fingerprint density at radius 2 is 2.00 bits per heavy atom. The summed E-state index contributed by atoms with van der Waals surface area (Å²) < 4.78 is 27.6. The number of halogens is 3. The number of rotatable bonds is 6. The zero-order valence-corrected chi connectivity index (χ0v) is 15.2. The molecule has 1 aromatic carbocycles. The molecule has 4 nitrogen and oxygen atoms in total. The van der Waals surface area contributed by atoms with E-state index in [1.807, 2.05) is 13.8 Å². The monoisotopic (exact) mass is 404 g/mol. The van der Waals surface area contributed by atoms with E-state index in [1.165, 1.54) is 6.07 Å². The van der Waals surface area contributed by atoms with Crippen molar-refractivity contribution in [3.63, 3.8) is 0 Å². The smallest absolute Gasteiger partial charge is 0.241 e. The molecular formula is C12H19BrCl2N2O2S. The summed E-state index contributed by atoms with van der Waals surface area (Å²) in [6.07, 6.45) is 0.695. The topological polar surface area (TPSA) is 72.2 Å². The predicted octanol–water partition coefficient (Wildman–Crippen LogP) is 3.18. The van der Waals surface area contributed by atoms with Gasteiger partial charge in [0.2, 0.25) is 10.0 Å². The molecule has 0 spiro atoms. The molecule has 1 atom stereocenters. The Morgan fingerprint density at radius 3 is 2.45 bits per heavy atom. The van der Waals surface area contributed by atoms with Crippen molar-refractivity contribution in [2.45, 2.75) is 31.2 Å². The van der Waals surface area contributed by atoms with Crippen LogP contribution in [0.3, 0.4) is 0 Å². The van der Waals surface area contributed by atoms with Gasteiger partial charge in [0.05, 0.1) is 4.90 Å². The lowest BCUT2D eigenvalue weighted by atomic mass is 10.1. The summed E-state index contributed by atoms with van der Waals surface area (Å²) in [6.45, 7) is 4.31. The van der Waals surface area contributed by atoms with Crippen molar-refractivity contribution >= 4 is 50.0 Å². The maximum Gasteiger partial charge on any atom is 0.241 e. The zero-order valence-electron chi connectivity index (χ0n) is 11.3. The lowest BCUT2D eigenvalue weighted by molar-refractivity contribution is 0.465. The highest BCUT2D eigenvalue weighted by Gasteiger charge is 2.22. The van der Waals surface area contributed by atoms with Gasteiger partial charge < -0.3 is 5.73 Å². The molecule has 20 heavy (non-hydrogen) atoms. The number of hydrogen-bond acceptors (Lipinski definition) is 3. The molecule has 1 rings (SSSR count). The average Bonchev–Trinajstić information content (AvgIpc) is 2.26. The maximum atomic E-state index is 12.3. The highest BCUT2D eigenvalue weighted by molar-refractivity contribution is 9.10. The van der Waals surface area contributed by atoms with Crippen LogP contribution in [0.4, 0.5) is 0 Å². The Hall–Kier alpha value is 0.150. The maximum absolute atomic E-state index is 12.3. The number of nitrogens with one attached hydrogen (secondary N) is 1. The quantitative estimate of drug-likeness (QED) is 0.763. The summed E-state index contributed by atoms with van der Waals surface area (Å²) in [5, 5.41) is 0.475. The van der Waals surface area contributed by atoms with E-state index in [4.69, 9.17) is 17.3 Å². The van der Waals surface area contributed by atoms with Gasteiger partial charge in [-0.15, -0.1) is 12.4 Å². The molecule has 0 aliphatic rings. The average molecular weight is 406 g/mol. The van der Waals surface area contributed by atoms with Crippen molar-refractivity contribution in [3.05, 3.63) is 27.7 Å². The van der Waals surface area contributed by atoms with E-state index in [1.54, 1.807) is 12.1 Å². The molecule has 0 aromatic heterocycles. The van der Waals surface area contributed by atoms with Gasteiger partial charge in [-0.3, -0.25) is 0 Å². The fraction of sp³-hybridized carbons (Fsp3) is 0.500. The van der Waals surface area contributed by atoms with Crippen molar-refractivity contribution in [1.82, 2.24) is 4.72 Å². The van der Waals surface area contributed by atoms with E-state index in [0.717, 1.165) is 0 Å². The largest absolute Gasteiger partial charge is 0.329 e. The van der Waals surface area contributed by atoms with Gasteiger partial charge in [0, 0.05) is 22.1 Å². The highest BCUT2D eigenvalue weighted by Crippen LogP contribution is 2.25. The molecule has 1 unspecified atom stereocenters. The van der Waals surface area contributed by atoms with Crippen LogP contribution in [0.1, 0.15) is 20.3 Å². The standard InChI is InChI=1S/C12H18BrClN2O2S.ClH/c1-8(2)5-10(7-15)16-19(17,18)12-4-3-9(14)6-11(12)13;/h3-4,6,8,10,16H,5,7,15H2,1-2H3;1H. The van der Waals surface area contributed by atoms with Gasteiger partial charge in [-0.1, -0.05) is 25.4 Å². The van der Waals surface area contributed by atoms with E-state index in [-0.39, 0.29) is 29.9 Å². The van der Waals surface area contributed by atoms with E-state index in [9.17, 15) is 8.42 Å². The molecule has 0 amide bonds. The second kappa shape index (κ2) is 8.56. The number of sulfonamides is 1. The molecular weight excluding hydrogens is 387 g/mol. The van der Waals surface area contributed by atoms with Crippen molar-refractivity contribution < 1.29 is 8.42 Å². The third-order valence-corrected chi connectivity index (χ3v) is 5.28. The third kappa shape index (κ3) is 5.87. The molecule has 0 bridgehead atoms. The molecule has 3 N–H and O–H groups in total. The first-order chi connectivity index (χ1) is 8.76. The van der Waals surface area contributed by atoms with Crippen LogP contribution in [0.2, 0.25) is 5.02 Å². The van der Waals surface area contributed by atoms with Gasteiger partial charge in [0.1, 0.15) is 0 Å². The molecule has 0 radical (unpaired) electrons. The summed E-state index contributed by atoms with van der Waals surface area (Å²) in [5.41, 5.74) is 5.61.